The van der Waals surface area contributed by atoms with E-state index in [-0.39, 0.29) is 11.8 Å². The molecule has 1 aromatic heterocycles. The lowest BCUT2D eigenvalue weighted by molar-refractivity contribution is -0.122. The Morgan fingerprint density at radius 2 is 2.32 bits per heavy atom. The van der Waals surface area contributed by atoms with Gasteiger partial charge >= 0.3 is 0 Å². The molecule has 1 rings (SSSR count). The lowest BCUT2D eigenvalue weighted by Crippen LogP contribution is -2.45. The van der Waals surface area contributed by atoms with Crippen molar-refractivity contribution in [3.8, 4) is 0 Å². The second-order valence-corrected chi connectivity index (χ2v) is 7.09. The fourth-order valence-corrected chi connectivity index (χ4v) is 3.16. The standard InChI is InChI=1S/C14H22BrNO2S/c1-4-10(2)14(3,18)9-16-13(17)6-5-12-7-11(15)8-19-12/h7-8,10,18H,4-6,9H2,1-3H3,(H,16,17). The van der Waals surface area contributed by atoms with Crippen molar-refractivity contribution in [1.82, 2.24) is 5.32 Å². The molecule has 2 atom stereocenters. The molecule has 5 heteroatoms. The van der Waals surface area contributed by atoms with Gasteiger partial charge in [0.2, 0.25) is 5.91 Å². The predicted octanol–water partition coefficient (Wildman–Crippen LogP) is 3.36. The van der Waals surface area contributed by atoms with Crippen molar-refractivity contribution in [3.05, 3.63) is 20.8 Å². The molecule has 0 fully saturated rings. The van der Waals surface area contributed by atoms with Crippen LogP contribution in [0.15, 0.2) is 15.9 Å². The van der Waals surface area contributed by atoms with E-state index in [1.165, 1.54) is 4.88 Å². The summed E-state index contributed by atoms with van der Waals surface area (Å²) in [6, 6.07) is 2.03. The van der Waals surface area contributed by atoms with Gasteiger partial charge in [0.15, 0.2) is 0 Å². The number of hydrogen-bond donors (Lipinski definition) is 2. The van der Waals surface area contributed by atoms with Crippen LogP contribution in [0.1, 0.15) is 38.5 Å². The van der Waals surface area contributed by atoms with E-state index in [0.29, 0.717) is 13.0 Å². The summed E-state index contributed by atoms with van der Waals surface area (Å²) < 4.78 is 1.06. The molecule has 19 heavy (non-hydrogen) atoms. The highest BCUT2D eigenvalue weighted by atomic mass is 79.9. The number of aliphatic hydroxyl groups is 1. The molecule has 0 radical (unpaired) electrons. The maximum atomic E-state index is 11.8. The average molecular weight is 348 g/mol. The topological polar surface area (TPSA) is 49.3 Å². The van der Waals surface area contributed by atoms with Gasteiger partial charge in [0, 0.05) is 27.7 Å². The van der Waals surface area contributed by atoms with E-state index in [2.05, 4.69) is 21.2 Å². The molecule has 0 saturated carbocycles. The van der Waals surface area contributed by atoms with E-state index in [4.69, 9.17) is 0 Å². The number of amides is 1. The van der Waals surface area contributed by atoms with Crippen LogP contribution < -0.4 is 5.32 Å². The molecule has 3 nitrogen and oxygen atoms in total. The maximum absolute atomic E-state index is 11.8. The number of carbonyl (C=O) groups excluding carboxylic acids is 1. The number of thiophene rings is 1. The van der Waals surface area contributed by atoms with Crippen molar-refractivity contribution < 1.29 is 9.90 Å². The van der Waals surface area contributed by atoms with Crippen LogP contribution in [-0.4, -0.2) is 23.2 Å². The fourth-order valence-electron chi connectivity index (χ4n) is 1.70. The van der Waals surface area contributed by atoms with Gasteiger partial charge in [-0.2, -0.15) is 0 Å². The van der Waals surface area contributed by atoms with E-state index in [9.17, 15) is 9.90 Å². The third-order valence-electron chi connectivity index (χ3n) is 3.54. The quantitative estimate of drug-likeness (QED) is 0.794. The van der Waals surface area contributed by atoms with Crippen molar-refractivity contribution in [2.75, 3.05) is 6.54 Å². The highest BCUT2D eigenvalue weighted by Gasteiger charge is 2.27. The van der Waals surface area contributed by atoms with Gasteiger partial charge in [-0.05, 0) is 41.3 Å². The molecule has 0 aliphatic rings. The molecular formula is C14H22BrNO2S. The van der Waals surface area contributed by atoms with Gasteiger partial charge in [0.1, 0.15) is 0 Å². The molecular weight excluding hydrogens is 326 g/mol. The molecule has 0 aromatic carbocycles. The Labute approximate surface area is 127 Å². The number of hydrogen-bond acceptors (Lipinski definition) is 3. The molecule has 108 valence electrons. The molecule has 1 heterocycles. The predicted molar refractivity (Wildman–Crippen MR) is 83.4 cm³/mol. The zero-order valence-electron chi connectivity index (χ0n) is 11.7. The summed E-state index contributed by atoms with van der Waals surface area (Å²) in [5.74, 6) is 0.161. The average Bonchev–Trinajstić information content (AvgIpc) is 2.78. The Morgan fingerprint density at radius 3 is 2.84 bits per heavy atom. The van der Waals surface area contributed by atoms with Crippen LogP contribution in [0.2, 0.25) is 0 Å². The first kappa shape index (κ1) is 16.7. The van der Waals surface area contributed by atoms with E-state index in [1.807, 2.05) is 25.3 Å². The minimum Gasteiger partial charge on any atom is -0.388 e. The van der Waals surface area contributed by atoms with Gasteiger partial charge in [-0.3, -0.25) is 4.79 Å². The summed E-state index contributed by atoms with van der Waals surface area (Å²) in [5.41, 5.74) is -0.837. The van der Waals surface area contributed by atoms with Gasteiger partial charge in [-0.1, -0.05) is 20.3 Å². The van der Waals surface area contributed by atoms with Crippen LogP contribution >= 0.6 is 27.3 Å². The van der Waals surface area contributed by atoms with E-state index in [1.54, 1.807) is 18.3 Å². The fraction of sp³-hybridized carbons (Fsp3) is 0.643. The molecule has 0 saturated heterocycles. The minimum absolute atomic E-state index is 0.00639. The molecule has 0 aliphatic heterocycles. The smallest absolute Gasteiger partial charge is 0.220 e. The Balaban J connectivity index is 2.32. The van der Waals surface area contributed by atoms with Gasteiger partial charge in [0.25, 0.3) is 0 Å². The number of rotatable bonds is 7. The molecule has 0 spiro atoms. The largest absolute Gasteiger partial charge is 0.388 e. The molecule has 1 aromatic rings. The third-order valence-corrected chi connectivity index (χ3v) is 5.30. The van der Waals surface area contributed by atoms with Crippen LogP contribution in [-0.2, 0) is 11.2 Å². The highest BCUT2D eigenvalue weighted by Crippen LogP contribution is 2.21. The van der Waals surface area contributed by atoms with Crippen LogP contribution in [0.3, 0.4) is 0 Å². The molecule has 1 amide bonds. The number of halogens is 1. The summed E-state index contributed by atoms with van der Waals surface area (Å²) in [4.78, 5) is 12.9. The van der Waals surface area contributed by atoms with Crippen molar-refractivity contribution in [1.29, 1.82) is 0 Å². The first-order valence-electron chi connectivity index (χ1n) is 6.57. The molecule has 0 aliphatic carbocycles. The van der Waals surface area contributed by atoms with Crippen LogP contribution in [0.4, 0.5) is 0 Å². The maximum Gasteiger partial charge on any atom is 0.220 e. The summed E-state index contributed by atoms with van der Waals surface area (Å²) >= 11 is 5.04. The second kappa shape index (κ2) is 7.41. The van der Waals surface area contributed by atoms with Gasteiger partial charge < -0.3 is 10.4 Å². The Bertz CT molecular complexity index is 417. The van der Waals surface area contributed by atoms with E-state index in [0.717, 1.165) is 17.3 Å². The van der Waals surface area contributed by atoms with Crippen LogP contribution in [0.25, 0.3) is 0 Å². The SMILES string of the molecule is CCC(C)C(C)(O)CNC(=O)CCc1cc(Br)cs1. The Hall–Kier alpha value is -0.390. The Kier molecular flexibility index (Phi) is 6.50. The molecule has 2 N–H and O–H groups in total. The van der Waals surface area contributed by atoms with Crippen molar-refractivity contribution >= 4 is 33.2 Å². The summed E-state index contributed by atoms with van der Waals surface area (Å²) in [5, 5.41) is 15.0. The van der Waals surface area contributed by atoms with Crippen molar-refractivity contribution in [3.63, 3.8) is 0 Å². The number of aryl methyl sites for hydroxylation is 1. The number of nitrogens with one attached hydrogen (secondary N) is 1. The first-order chi connectivity index (χ1) is 8.85. The molecule has 0 bridgehead atoms. The normalized spacial score (nSPS) is 15.8. The Morgan fingerprint density at radius 1 is 1.63 bits per heavy atom. The first-order valence-corrected chi connectivity index (χ1v) is 8.24. The van der Waals surface area contributed by atoms with Gasteiger partial charge in [-0.25, -0.2) is 0 Å². The van der Waals surface area contributed by atoms with Crippen LogP contribution in [0.5, 0.6) is 0 Å². The highest BCUT2D eigenvalue weighted by molar-refractivity contribution is 9.10. The van der Waals surface area contributed by atoms with Gasteiger partial charge in [-0.15, -0.1) is 11.3 Å². The van der Waals surface area contributed by atoms with Crippen molar-refractivity contribution in [2.24, 2.45) is 5.92 Å². The second-order valence-electron chi connectivity index (χ2n) is 5.17. The number of carbonyl (C=O) groups is 1. The van der Waals surface area contributed by atoms with Crippen LogP contribution in [0, 0.1) is 5.92 Å². The summed E-state index contributed by atoms with van der Waals surface area (Å²) in [7, 11) is 0. The zero-order valence-corrected chi connectivity index (χ0v) is 14.1. The zero-order chi connectivity index (χ0) is 14.5. The third kappa shape index (κ3) is 5.63. The monoisotopic (exact) mass is 347 g/mol. The van der Waals surface area contributed by atoms with Gasteiger partial charge in [0.05, 0.1) is 5.60 Å². The summed E-state index contributed by atoms with van der Waals surface area (Å²) in [6.45, 7) is 6.12. The van der Waals surface area contributed by atoms with E-state index < -0.39 is 5.60 Å². The van der Waals surface area contributed by atoms with Crippen molar-refractivity contribution in [2.45, 2.75) is 45.6 Å². The lowest BCUT2D eigenvalue weighted by Gasteiger charge is -2.29. The lowest BCUT2D eigenvalue weighted by atomic mass is 9.88. The van der Waals surface area contributed by atoms with E-state index >= 15 is 0 Å². The minimum atomic E-state index is -0.837. The summed E-state index contributed by atoms with van der Waals surface area (Å²) in [6.07, 6.45) is 2.10. The molecule has 2 unspecified atom stereocenters.